The van der Waals surface area contributed by atoms with Crippen LogP contribution in [0.4, 0.5) is 0 Å². The van der Waals surface area contributed by atoms with Gasteiger partial charge in [0.25, 0.3) is 0 Å². The Hall–Kier alpha value is -1.84. The van der Waals surface area contributed by atoms with Crippen LogP contribution in [-0.4, -0.2) is 75.3 Å². The lowest BCUT2D eigenvalue weighted by atomic mass is 10.1. The molecule has 0 saturated carbocycles. The molecule has 9 heteroatoms. The number of piperazine rings is 1. The molecule has 1 saturated heterocycles. The second-order valence-electron chi connectivity index (χ2n) is 6.66. The maximum Gasteiger partial charge on any atom is 0.302 e. The summed E-state index contributed by atoms with van der Waals surface area (Å²) in [5, 5.41) is 0. The topological polar surface area (TPSA) is 85.4 Å². The van der Waals surface area contributed by atoms with Crippen molar-refractivity contribution in [2.45, 2.75) is 19.9 Å². The van der Waals surface area contributed by atoms with Gasteiger partial charge < -0.3 is 14.2 Å². The molecule has 0 spiro atoms. The Balaban J connectivity index is 1.46. The van der Waals surface area contributed by atoms with E-state index >= 15 is 0 Å². The second-order valence-corrected chi connectivity index (χ2v) is 8.75. The van der Waals surface area contributed by atoms with Gasteiger partial charge in [-0.05, 0) is 24.1 Å². The summed E-state index contributed by atoms with van der Waals surface area (Å²) in [6.45, 7) is 5.63. The number of hydrogen-bond acceptors (Lipinski definition) is 7. The molecule has 0 atom stereocenters. The third-order valence-electron chi connectivity index (χ3n) is 4.59. The largest absolute Gasteiger partial charge is 0.486 e. The summed E-state index contributed by atoms with van der Waals surface area (Å²) in [4.78, 5) is 13.0. The van der Waals surface area contributed by atoms with E-state index in [0.717, 1.165) is 23.6 Å². The van der Waals surface area contributed by atoms with Crippen LogP contribution in [0, 0.1) is 0 Å². The lowest BCUT2D eigenvalue weighted by Gasteiger charge is -2.34. The molecule has 0 N–H and O–H groups in total. The maximum absolute atomic E-state index is 12.4. The third-order valence-corrected chi connectivity index (χ3v) is 6.55. The van der Waals surface area contributed by atoms with Crippen LogP contribution in [0.5, 0.6) is 11.5 Å². The van der Waals surface area contributed by atoms with Crippen molar-refractivity contribution in [2.75, 3.05) is 51.8 Å². The smallest absolute Gasteiger partial charge is 0.302 e. The van der Waals surface area contributed by atoms with Crippen molar-refractivity contribution < 1.29 is 27.4 Å². The molecule has 150 valence electrons. The highest BCUT2D eigenvalue weighted by Crippen LogP contribution is 2.31. The van der Waals surface area contributed by atoms with E-state index in [0.29, 0.717) is 45.8 Å². The molecule has 1 aromatic rings. The molecule has 0 bridgehead atoms. The van der Waals surface area contributed by atoms with Gasteiger partial charge in [-0.25, -0.2) is 8.42 Å². The molecule has 3 rings (SSSR count). The fourth-order valence-electron chi connectivity index (χ4n) is 3.20. The number of esters is 1. The molecule has 2 aliphatic heterocycles. The molecule has 2 aliphatic rings. The minimum atomic E-state index is -3.31. The first-order chi connectivity index (χ1) is 12.9. The van der Waals surface area contributed by atoms with E-state index in [1.165, 1.54) is 11.2 Å². The average molecular weight is 398 g/mol. The van der Waals surface area contributed by atoms with E-state index in [1.54, 1.807) is 0 Å². The summed E-state index contributed by atoms with van der Waals surface area (Å²) >= 11 is 0. The summed E-state index contributed by atoms with van der Waals surface area (Å²) in [7, 11) is -3.31. The molecule has 27 heavy (non-hydrogen) atoms. The first-order valence-electron chi connectivity index (χ1n) is 9.16. The standard InChI is InChI=1S/C18H26N2O6S/c1-15(21)24-9-2-12-27(22,23)20-7-5-19(6-8-20)14-16-3-4-17-18(13-16)26-11-10-25-17/h3-4,13H,2,5-12,14H2,1H3. The molecule has 0 aromatic heterocycles. The second kappa shape index (κ2) is 8.90. The molecule has 1 aromatic carbocycles. The maximum atomic E-state index is 12.4. The zero-order chi connectivity index (χ0) is 19.3. The van der Waals surface area contributed by atoms with Crippen LogP contribution in [0.25, 0.3) is 0 Å². The van der Waals surface area contributed by atoms with Gasteiger partial charge in [-0.1, -0.05) is 6.07 Å². The van der Waals surface area contributed by atoms with E-state index in [1.807, 2.05) is 18.2 Å². The average Bonchev–Trinajstić information content (AvgIpc) is 2.65. The first-order valence-corrected chi connectivity index (χ1v) is 10.8. The number of carbonyl (C=O) groups excluding carboxylic acids is 1. The summed E-state index contributed by atoms with van der Waals surface area (Å²) in [6.07, 6.45) is 0.319. The van der Waals surface area contributed by atoms with Gasteiger partial charge in [0, 0.05) is 39.6 Å². The summed E-state index contributed by atoms with van der Waals surface area (Å²) in [5.74, 6) is 1.16. The quantitative estimate of drug-likeness (QED) is 0.497. The van der Waals surface area contributed by atoms with E-state index < -0.39 is 10.0 Å². The molecule has 0 radical (unpaired) electrons. The van der Waals surface area contributed by atoms with Crippen molar-refractivity contribution in [2.24, 2.45) is 0 Å². The number of sulfonamides is 1. The zero-order valence-electron chi connectivity index (χ0n) is 15.6. The van der Waals surface area contributed by atoms with Crippen molar-refractivity contribution in [3.8, 4) is 11.5 Å². The zero-order valence-corrected chi connectivity index (χ0v) is 16.4. The van der Waals surface area contributed by atoms with E-state index in [-0.39, 0.29) is 18.3 Å². The normalized spacial score (nSPS) is 18.3. The Labute approximate surface area is 160 Å². The van der Waals surface area contributed by atoms with Crippen molar-refractivity contribution in [1.29, 1.82) is 0 Å². The van der Waals surface area contributed by atoms with Gasteiger partial charge in [0.05, 0.1) is 12.4 Å². The van der Waals surface area contributed by atoms with Crippen molar-refractivity contribution >= 4 is 16.0 Å². The van der Waals surface area contributed by atoms with Gasteiger partial charge in [0.2, 0.25) is 10.0 Å². The Bertz CT molecular complexity index is 759. The molecule has 0 aliphatic carbocycles. The number of carbonyl (C=O) groups is 1. The van der Waals surface area contributed by atoms with Gasteiger partial charge in [-0.15, -0.1) is 0 Å². The third kappa shape index (κ3) is 5.57. The predicted molar refractivity (Wildman–Crippen MR) is 99.3 cm³/mol. The Kier molecular flexibility index (Phi) is 6.56. The lowest BCUT2D eigenvalue weighted by Crippen LogP contribution is -2.48. The van der Waals surface area contributed by atoms with E-state index in [4.69, 9.17) is 14.2 Å². The van der Waals surface area contributed by atoms with Crippen molar-refractivity contribution in [3.05, 3.63) is 23.8 Å². The van der Waals surface area contributed by atoms with Gasteiger partial charge in [-0.3, -0.25) is 9.69 Å². The molecule has 0 unspecified atom stereocenters. The summed E-state index contributed by atoms with van der Waals surface area (Å²) in [6, 6.07) is 5.94. The lowest BCUT2D eigenvalue weighted by molar-refractivity contribution is -0.140. The van der Waals surface area contributed by atoms with Crippen LogP contribution in [0.3, 0.4) is 0 Å². The number of fused-ring (bicyclic) bond motifs is 1. The van der Waals surface area contributed by atoms with Gasteiger partial charge >= 0.3 is 5.97 Å². The SMILES string of the molecule is CC(=O)OCCCS(=O)(=O)N1CCN(Cc2ccc3c(c2)OCCO3)CC1. The molecule has 1 fully saturated rings. The minimum Gasteiger partial charge on any atom is -0.486 e. The van der Waals surface area contributed by atoms with Crippen LogP contribution < -0.4 is 9.47 Å². The van der Waals surface area contributed by atoms with Crippen LogP contribution in [0.2, 0.25) is 0 Å². The Morgan fingerprint density at radius 1 is 1.11 bits per heavy atom. The Morgan fingerprint density at radius 3 is 2.52 bits per heavy atom. The van der Waals surface area contributed by atoms with E-state index in [2.05, 4.69) is 4.90 Å². The molecule has 8 nitrogen and oxygen atoms in total. The van der Waals surface area contributed by atoms with Gasteiger partial charge in [0.1, 0.15) is 13.2 Å². The fourth-order valence-corrected chi connectivity index (χ4v) is 4.66. The number of nitrogens with zero attached hydrogens (tertiary/aromatic N) is 2. The highest BCUT2D eigenvalue weighted by Gasteiger charge is 2.26. The number of benzene rings is 1. The molecular weight excluding hydrogens is 372 g/mol. The summed E-state index contributed by atoms with van der Waals surface area (Å²) in [5.41, 5.74) is 1.12. The van der Waals surface area contributed by atoms with Crippen molar-refractivity contribution in [1.82, 2.24) is 9.21 Å². The minimum absolute atomic E-state index is 0.00242. The first kappa shape index (κ1) is 19.9. The highest BCUT2D eigenvalue weighted by molar-refractivity contribution is 7.89. The fraction of sp³-hybridized carbons (Fsp3) is 0.611. The van der Waals surface area contributed by atoms with Crippen LogP contribution >= 0.6 is 0 Å². The van der Waals surface area contributed by atoms with E-state index in [9.17, 15) is 13.2 Å². The molecule has 2 heterocycles. The number of hydrogen-bond donors (Lipinski definition) is 0. The predicted octanol–water partition coefficient (Wildman–Crippen LogP) is 0.858. The highest BCUT2D eigenvalue weighted by atomic mass is 32.2. The van der Waals surface area contributed by atoms with Crippen molar-refractivity contribution in [3.63, 3.8) is 0 Å². The monoisotopic (exact) mass is 398 g/mol. The number of rotatable bonds is 7. The molecular formula is C18H26N2O6S. The van der Waals surface area contributed by atoms with Gasteiger partial charge in [0.15, 0.2) is 11.5 Å². The van der Waals surface area contributed by atoms with Crippen LogP contribution in [0.15, 0.2) is 18.2 Å². The molecule has 0 amide bonds. The Morgan fingerprint density at radius 2 is 1.81 bits per heavy atom. The van der Waals surface area contributed by atoms with Gasteiger partial charge in [-0.2, -0.15) is 4.31 Å². The number of ether oxygens (including phenoxy) is 3. The van der Waals surface area contributed by atoms with Crippen LogP contribution in [0.1, 0.15) is 18.9 Å². The van der Waals surface area contributed by atoms with Crippen LogP contribution in [-0.2, 0) is 26.1 Å². The summed E-state index contributed by atoms with van der Waals surface area (Å²) < 4.78 is 42.3.